The van der Waals surface area contributed by atoms with Crippen LogP contribution in [0.25, 0.3) is 22.4 Å². The molecule has 0 unspecified atom stereocenters. The number of benzene rings is 3. The molecule has 1 amide bonds. The highest BCUT2D eigenvalue weighted by Crippen LogP contribution is 2.38. The van der Waals surface area contributed by atoms with Crippen LogP contribution in [0.4, 0.5) is 5.69 Å². The molecule has 2 heterocycles. The summed E-state index contributed by atoms with van der Waals surface area (Å²) in [4.78, 5) is 16.9. The fourth-order valence-corrected chi connectivity index (χ4v) is 3.61. The molecule has 7 heteroatoms. The Hall–Kier alpha value is -3.64. The third kappa shape index (κ3) is 3.77. The minimum absolute atomic E-state index is 0. The van der Waals surface area contributed by atoms with Gasteiger partial charge in [0.15, 0.2) is 0 Å². The highest BCUT2D eigenvalue weighted by atomic mass is 35.5. The lowest BCUT2D eigenvalue weighted by Crippen LogP contribution is -2.30. The van der Waals surface area contributed by atoms with Crippen LogP contribution < -0.4 is 16.1 Å². The van der Waals surface area contributed by atoms with E-state index in [0.717, 1.165) is 46.2 Å². The van der Waals surface area contributed by atoms with Gasteiger partial charge in [0.05, 0.1) is 18.4 Å². The first-order valence-electron chi connectivity index (χ1n) is 9.50. The Bertz CT molecular complexity index is 1220. The van der Waals surface area contributed by atoms with Crippen molar-refractivity contribution in [3.8, 4) is 0 Å². The number of carbonyl (C=O) groups is 1. The number of halogens is 1. The number of guanidine groups is 1. The van der Waals surface area contributed by atoms with E-state index in [9.17, 15) is 4.79 Å². The number of anilines is 1. The van der Waals surface area contributed by atoms with Crippen molar-refractivity contribution >= 4 is 58.6 Å². The molecule has 3 N–H and O–H groups in total. The van der Waals surface area contributed by atoms with Crippen molar-refractivity contribution in [1.29, 1.82) is 0 Å². The van der Waals surface area contributed by atoms with Crippen LogP contribution in [0.2, 0.25) is 0 Å². The summed E-state index contributed by atoms with van der Waals surface area (Å²) in [6, 6.07) is 20.0. The monoisotopic (exact) mass is 417 g/mol. The van der Waals surface area contributed by atoms with Crippen LogP contribution in [0.5, 0.6) is 0 Å². The normalized spacial score (nSPS) is 16.2. The Morgan fingerprint density at radius 2 is 1.90 bits per heavy atom. The van der Waals surface area contributed by atoms with E-state index in [2.05, 4.69) is 32.2 Å². The second-order valence-electron chi connectivity index (χ2n) is 6.92. The maximum absolute atomic E-state index is 12.6. The van der Waals surface area contributed by atoms with Crippen LogP contribution in [0.15, 0.2) is 70.8 Å². The van der Waals surface area contributed by atoms with Crippen LogP contribution >= 0.6 is 12.4 Å². The number of hydrogen-bond acceptors (Lipinski definition) is 5. The summed E-state index contributed by atoms with van der Waals surface area (Å²) in [5.74, 6) is 0.605. The molecule has 2 aliphatic heterocycles. The standard InChI is InChI=1S/C23H19N5O.ClH/c29-22-20(19-9-8-17-6-1-2-7-18(17)21(19)27-22)13-15-4-3-5-16(12-15)14-26-28-23-24-10-11-25-23;/h1-9,12-14H,10-11H2,(H,27,29)(H2,24,25,28);1H/b20-13+,26-14+;. The Morgan fingerprint density at radius 3 is 2.77 bits per heavy atom. The van der Waals surface area contributed by atoms with Crippen LogP contribution in [-0.4, -0.2) is 31.2 Å². The van der Waals surface area contributed by atoms with E-state index >= 15 is 0 Å². The largest absolute Gasteiger partial charge is 0.353 e. The van der Waals surface area contributed by atoms with Gasteiger partial charge in [-0.15, -0.1) is 12.4 Å². The number of carbonyl (C=O) groups excluding carboxylic acids is 1. The molecule has 0 bridgehead atoms. The molecule has 3 aromatic carbocycles. The quantitative estimate of drug-likeness (QED) is 0.346. The van der Waals surface area contributed by atoms with Gasteiger partial charge in [0.2, 0.25) is 5.96 Å². The molecule has 5 rings (SSSR count). The molecule has 150 valence electrons. The number of nitrogens with zero attached hydrogens (tertiary/aromatic N) is 2. The van der Waals surface area contributed by atoms with Gasteiger partial charge in [-0.25, -0.2) is 10.4 Å². The number of fused-ring (bicyclic) bond motifs is 3. The van der Waals surface area contributed by atoms with Gasteiger partial charge in [0, 0.05) is 23.1 Å². The predicted octanol–water partition coefficient (Wildman–Crippen LogP) is 3.64. The highest BCUT2D eigenvalue weighted by molar-refractivity contribution is 6.37. The van der Waals surface area contributed by atoms with Gasteiger partial charge in [-0.3, -0.25) is 4.79 Å². The van der Waals surface area contributed by atoms with Crippen molar-refractivity contribution in [2.24, 2.45) is 10.1 Å². The summed E-state index contributed by atoms with van der Waals surface area (Å²) in [6.45, 7) is 1.60. The molecule has 0 aromatic heterocycles. The molecular weight excluding hydrogens is 398 g/mol. The molecule has 0 radical (unpaired) electrons. The zero-order valence-electron chi connectivity index (χ0n) is 16.1. The molecule has 0 spiro atoms. The van der Waals surface area contributed by atoms with Crippen LogP contribution in [0, 0.1) is 0 Å². The lowest BCUT2D eigenvalue weighted by molar-refractivity contribution is -0.110. The molecule has 0 saturated heterocycles. The number of amides is 1. The highest BCUT2D eigenvalue weighted by Gasteiger charge is 2.25. The van der Waals surface area contributed by atoms with Gasteiger partial charge in [-0.1, -0.05) is 54.6 Å². The third-order valence-corrected chi connectivity index (χ3v) is 4.98. The van der Waals surface area contributed by atoms with E-state index in [4.69, 9.17) is 0 Å². The second-order valence-corrected chi connectivity index (χ2v) is 6.92. The third-order valence-electron chi connectivity index (χ3n) is 4.98. The Balaban J connectivity index is 0.00000218. The van der Waals surface area contributed by atoms with Crippen LogP contribution in [0.3, 0.4) is 0 Å². The molecule has 6 nitrogen and oxygen atoms in total. The van der Waals surface area contributed by atoms with E-state index in [0.29, 0.717) is 11.5 Å². The topological polar surface area (TPSA) is 77.9 Å². The van der Waals surface area contributed by atoms with Crippen molar-refractivity contribution in [3.05, 3.63) is 77.4 Å². The molecule has 0 saturated carbocycles. The van der Waals surface area contributed by atoms with Gasteiger partial charge in [0.25, 0.3) is 5.91 Å². The second kappa shape index (κ2) is 8.39. The smallest absolute Gasteiger partial charge is 0.256 e. The van der Waals surface area contributed by atoms with Crippen molar-refractivity contribution < 1.29 is 4.79 Å². The van der Waals surface area contributed by atoms with Crippen molar-refractivity contribution in [2.45, 2.75) is 0 Å². The molecule has 0 aliphatic carbocycles. The predicted molar refractivity (Wildman–Crippen MR) is 125 cm³/mol. The lowest BCUT2D eigenvalue weighted by Gasteiger charge is -2.04. The van der Waals surface area contributed by atoms with Crippen LogP contribution in [0.1, 0.15) is 16.7 Å². The molecule has 0 atom stereocenters. The minimum atomic E-state index is -0.0811. The fraction of sp³-hybridized carbons (Fsp3) is 0.0870. The fourth-order valence-electron chi connectivity index (χ4n) is 3.61. The Labute approximate surface area is 180 Å². The SMILES string of the molecule is Cl.O=C1Nc2c(ccc3ccccc23)/C1=C\c1cccc(/C=N/NC2=NCCN2)c1. The average molecular weight is 418 g/mol. The maximum atomic E-state index is 12.6. The summed E-state index contributed by atoms with van der Waals surface area (Å²) in [5, 5.41) is 12.5. The number of aliphatic imine (C=N–C) groups is 1. The van der Waals surface area contributed by atoms with Gasteiger partial charge < -0.3 is 10.6 Å². The lowest BCUT2D eigenvalue weighted by atomic mass is 9.99. The van der Waals surface area contributed by atoms with E-state index in [1.807, 2.05) is 60.7 Å². The maximum Gasteiger partial charge on any atom is 0.256 e. The zero-order valence-corrected chi connectivity index (χ0v) is 16.9. The summed E-state index contributed by atoms with van der Waals surface area (Å²) >= 11 is 0. The first-order chi connectivity index (χ1) is 14.3. The molecule has 30 heavy (non-hydrogen) atoms. The van der Waals surface area contributed by atoms with Crippen molar-refractivity contribution in [2.75, 3.05) is 18.4 Å². The van der Waals surface area contributed by atoms with Gasteiger partial charge >= 0.3 is 0 Å². The first kappa shape index (κ1) is 19.7. The average Bonchev–Trinajstić information content (AvgIpc) is 3.37. The molecule has 2 aliphatic rings. The van der Waals surface area contributed by atoms with Gasteiger partial charge in [-0.2, -0.15) is 5.10 Å². The summed E-state index contributed by atoms with van der Waals surface area (Å²) in [5.41, 5.74) is 7.24. The molecule has 0 fully saturated rings. The summed E-state index contributed by atoms with van der Waals surface area (Å²) in [7, 11) is 0. The Morgan fingerprint density at radius 1 is 1.03 bits per heavy atom. The summed E-state index contributed by atoms with van der Waals surface area (Å²) in [6.07, 6.45) is 3.66. The van der Waals surface area contributed by atoms with Crippen molar-refractivity contribution in [3.63, 3.8) is 0 Å². The van der Waals surface area contributed by atoms with E-state index in [1.54, 1.807) is 6.21 Å². The number of hydrogen-bond donors (Lipinski definition) is 3. The minimum Gasteiger partial charge on any atom is -0.353 e. The molecular formula is C23H20ClN5O. The summed E-state index contributed by atoms with van der Waals surface area (Å²) < 4.78 is 0. The number of hydrazone groups is 1. The van der Waals surface area contributed by atoms with E-state index < -0.39 is 0 Å². The van der Waals surface area contributed by atoms with Crippen LogP contribution in [-0.2, 0) is 4.79 Å². The number of rotatable bonds is 3. The number of nitrogens with one attached hydrogen (secondary N) is 3. The molecule has 3 aromatic rings. The van der Waals surface area contributed by atoms with Gasteiger partial charge in [-0.05, 0) is 28.7 Å². The Kier molecular flexibility index (Phi) is 5.50. The van der Waals surface area contributed by atoms with Crippen molar-refractivity contribution in [1.82, 2.24) is 10.7 Å². The first-order valence-corrected chi connectivity index (χ1v) is 9.50. The van der Waals surface area contributed by atoms with E-state index in [-0.39, 0.29) is 18.3 Å². The van der Waals surface area contributed by atoms with Gasteiger partial charge in [0.1, 0.15) is 0 Å². The zero-order chi connectivity index (χ0) is 19.6. The van der Waals surface area contributed by atoms with E-state index in [1.165, 1.54) is 0 Å².